The van der Waals surface area contributed by atoms with Gasteiger partial charge >= 0.3 is 5.69 Å². The standard InChI is InChI=1S/C24H28N2O5/c1-16(2)11-19(27)5-3-17-4-6-21-18(12-17)7-8-26-22(21)13-23(25-24(26)28)31-15-20-14-29-9-10-30-20/h4,6,12-13,16,19-20,27H,7-11,14-15H2,1-2H3. The summed E-state index contributed by atoms with van der Waals surface area (Å²) in [6, 6.07) is 7.73. The van der Waals surface area contributed by atoms with Crippen LogP contribution in [-0.4, -0.2) is 53.3 Å². The van der Waals surface area contributed by atoms with Crippen LogP contribution in [0.1, 0.15) is 31.4 Å². The Hall–Kier alpha value is -2.66. The third-order valence-corrected chi connectivity index (χ3v) is 5.35. The van der Waals surface area contributed by atoms with Crippen LogP contribution >= 0.6 is 0 Å². The molecule has 3 heterocycles. The lowest BCUT2D eigenvalue weighted by atomic mass is 9.95. The Morgan fingerprint density at radius 3 is 2.97 bits per heavy atom. The first-order valence-electron chi connectivity index (χ1n) is 10.8. The molecule has 2 aliphatic heterocycles. The van der Waals surface area contributed by atoms with E-state index in [-0.39, 0.29) is 18.4 Å². The van der Waals surface area contributed by atoms with E-state index in [1.165, 1.54) is 0 Å². The molecule has 1 fully saturated rings. The van der Waals surface area contributed by atoms with Gasteiger partial charge in [0.15, 0.2) is 0 Å². The molecule has 0 saturated carbocycles. The largest absolute Gasteiger partial charge is 0.475 e. The van der Waals surface area contributed by atoms with Gasteiger partial charge in [0.25, 0.3) is 0 Å². The van der Waals surface area contributed by atoms with Crippen molar-refractivity contribution in [3.8, 4) is 29.0 Å². The van der Waals surface area contributed by atoms with Gasteiger partial charge in [0.2, 0.25) is 5.88 Å². The molecular formula is C24H28N2O5. The number of fused-ring (bicyclic) bond motifs is 3. The molecule has 1 N–H and O–H groups in total. The van der Waals surface area contributed by atoms with Gasteiger partial charge in [-0.2, -0.15) is 4.98 Å². The summed E-state index contributed by atoms with van der Waals surface area (Å²) >= 11 is 0. The first kappa shape index (κ1) is 21.6. The molecule has 0 bridgehead atoms. The van der Waals surface area contributed by atoms with E-state index < -0.39 is 6.10 Å². The quantitative estimate of drug-likeness (QED) is 0.740. The highest BCUT2D eigenvalue weighted by molar-refractivity contribution is 5.67. The summed E-state index contributed by atoms with van der Waals surface area (Å²) in [7, 11) is 0. The second-order valence-corrected chi connectivity index (χ2v) is 8.33. The Morgan fingerprint density at radius 1 is 1.32 bits per heavy atom. The fourth-order valence-electron chi connectivity index (χ4n) is 3.84. The Bertz CT molecular complexity index is 1040. The summed E-state index contributed by atoms with van der Waals surface area (Å²) < 4.78 is 18.4. The molecule has 2 aliphatic rings. The van der Waals surface area contributed by atoms with E-state index >= 15 is 0 Å². The monoisotopic (exact) mass is 424 g/mol. The number of rotatable bonds is 5. The average molecular weight is 424 g/mol. The molecule has 0 amide bonds. The molecule has 2 aromatic rings. The second kappa shape index (κ2) is 9.65. The van der Waals surface area contributed by atoms with Gasteiger partial charge in [0, 0.05) is 23.7 Å². The van der Waals surface area contributed by atoms with Crippen molar-refractivity contribution in [3.05, 3.63) is 45.9 Å². The van der Waals surface area contributed by atoms with Crippen molar-refractivity contribution >= 4 is 0 Å². The number of benzene rings is 1. The van der Waals surface area contributed by atoms with Gasteiger partial charge in [-0.25, -0.2) is 4.79 Å². The van der Waals surface area contributed by atoms with Crippen LogP contribution < -0.4 is 10.4 Å². The molecule has 2 atom stereocenters. The predicted molar refractivity (Wildman–Crippen MR) is 116 cm³/mol. The average Bonchev–Trinajstić information content (AvgIpc) is 2.76. The minimum Gasteiger partial charge on any atom is -0.475 e. The highest BCUT2D eigenvalue weighted by Crippen LogP contribution is 2.30. The van der Waals surface area contributed by atoms with Crippen molar-refractivity contribution in [1.29, 1.82) is 0 Å². The van der Waals surface area contributed by atoms with Crippen LogP contribution in [0.3, 0.4) is 0 Å². The van der Waals surface area contributed by atoms with E-state index in [4.69, 9.17) is 14.2 Å². The third kappa shape index (κ3) is 5.34. The molecule has 7 nitrogen and oxygen atoms in total. The van der Waals surface area contributed by atoms with Crippen molar-refractivity contribution in [2.75, 3.05) is 26.4 Å². The molecule has 7 heteroatoms. The first-order valence-corrected chi connectivity index (χ1v) is 10.8. The van der Waals surface area contributed by atoms with Crippen LogP contribution in [0.5, 0.6) is 5.88 Å². The SMILES string of the molecule is CC(C)CC(O)C#Cc1ccc2c(c1)CCn1c-2cc(OCC2COCCO2)nc1=O. The van der Waals surface area contributed by atoms with Crippen molar-refractivity contribution in [3.63, 3.8) is 0 Å². The summed E-state index contributed by atoms with van der Waals surface area (Å²) in [6.07, 6.45) is 0.595. The van der Waals surface area contributed by atoms with E-state index in [0.29, 0.717) is 44.6 Å². The number of nitrogens with zero attached hydrogens (tertiary/aromatic N) is 2. The van der Waals surface area contributed by atoms with Crippen molar-refractivity contribution < 1.29 is 19.3 Å². The van der Waals surface area contributed by atoms with E-state index in [1.54, 1.807) is 10.6 Å². The zero-order valence-electron chi connectivity index (χ0n) is 18.0. The molecule has 31 heavy (non-hydrogen) atoms. The van der Waals surface area contributed by atoms with Gasteiger partial charge in [-0.05, 0) is 36.5 Å². The minimum atomic E-state index is -0.625. The third-order valence-electron chi connectivity index (χ3n) is 5.35. The number of hydrogen-bond acceptors (Lipinski definition) is 6. The maximum Gasteiger partial charge on any atom is 0.351 e. The van der Waals surface area contributed by atoms with Crippen LogP contribution in [0.25, 0.3) is 11.3 Å². The molecule has 164 valence electrons. The summed E-state index contributed by atoms with van der Waals surface area (Å²) in [5.41, 5.74) is 3.42. The Labute approximate surface area is 182 Å². The molecule has 2 unspecified atom stereocenters. The summed E-state index contributed by atoms with van der Waals surface area (Å²) in [5.74, 6) is 6.68. The number of aromatic nitrogens is 2. The fourth-order valence-corrected chi connectivity index (χ4v) is 3.84. The van der Waals surface area contributed by atoms with Gasteiger partial charge < -0.3 is 19.3 Å². The topological polar surface area (TPSA) is 82.8 Å². The van der Waals surface area contributed by atoms with Crippen LogP contribution in [0.2, 0.25) is 0 Å². The van der Waals surface area contributed by atoms with Crippen molar-refractivity contribution in [2.45, 2.75) is 45.4 Å². The lowest BCUT2D eigenvalue weighted by Gasteiger charge is -2.24. The van der Waals surface area contributed by atoms with Crippen molar-refractivity contribution in [2.24, 2.45) is 5.92 Å². The Balaban J connectivity index is 1.54. The van der Waals surface area contributed by atoms with E-state index in [9.17, 15) is 9.90 Å². The molecule has 1 aromatic heterocycles. The fraction of sp³-hybridized carbons (Fsp3) is 0.500. The van der Waals surface area contributed by atoms with Crippen LogP contribution in [0.15, 0.2) is 29.1 Å². The lowest BCUT2D eigenvalue weighted by molar-refractivity contribution is -0.102. The zero-order chi connectivity index (χ0) is 21.8. The summed E-state index contributed by atoms with van der Waals surface area (Å²) in [6.45, 7) is 6.58. The van der Waals surface area contributed by atoms with Crippen LogP contribution in [-0.2, 0) is 22.4 Å². The van der Waals surface area contributed by atoms with Gasteiger partial charge in [-0.3, -0.25) is 4.57 Å². The first-order chi connectivity index (χ1) is 15.0. The number of ether oxygens (including phenoxy) is 3. The minimum absolute atomic E-state index is 0.159. The van der Waals surface area contributed by atoms with E-state index in [2.05, 4.69) is 30.7 Å². The molecule has 0 aliphatic carbocycles. The summed E-state index contributed by atoms with van der Waals surface area (Å²) in [4.78, 5) is 16.6. The van der Waals surface area contributed by atoms with Gasteiger partial charge in [0.1, 0.15) is 18.8 Å². The predicted octanol–water partition coefficient (Wildman–Crippen LogP) is 2.02. The Morgan fingerprint density at radius 2 is 2.19 bits per heavy atom. The highest BCUT2D eigenvalue weighted by atomic mass is 16.6. The van der Waals surface area contributed by atoms with E-state index in [1.807, 2.05) is 18.2 Å². The van der Waals surface area contributed by atoms with Crippen molar-refractivity contribution in [1.82, 2.24) is 9.55 Å². The second-order valence-electron chi connectivity index (χ2n) is 8.33. The number of aliphatic hydroxyl groups excluding tert-OH is 1. The smallest absolute Gasteiger partial charge is 0.351 e. The number of aliphatic hydroxyl groups is 1. The summed E-state index contributed by atoms with van der Waals surface area (Å²) in [5, 5.41) is 10.0. The molecular weight excluding hydrogens is 396 g/mol. The normalized spacial score (nSPS) is 18.5. The Kier molecular flexibility index (Phi) is 6.71. The number of hydrogen-bond donors (Lipinski definition) is 1. The molecule has 1 aromatic carbocycles. The maximum absolute atomic E-state index is 12.5. The lowest BCUT2D eigenvalue weighted by Crippen LogP contribution is -2.34. The van der Waals surface area contributed by atoms with Gasteiger partial charge in [0.05, 0.1) is 25.5 Å². The van der Waals surface area contributed by atoms with Gasteiger partial charge in [-0.15, -0.1) is 0 Å². The van der Waals surface area contributed by atoms with E-state index in [0.717, 1.165) is 28.8 Å². The van der Waals surface area contributed by atoms with Gasteiger partial charge in [-0.1, -0.05) is 31.8 Å². The molecule has 4 rings (SSSR count). The maximum atomic E-state index is 12.5. The molecule has 0 radical (unpaired) electrons. The van der Waals surface area contributed by atoms with Crippen LogP contribution in [0.4, 0.5) is 0 Å². The highest BCUT2D eigenvalue weighted by Gasteiger charge is 2.21. The molecule has 1 saturated heterocycles. The molecule has 0 spiro atoms. The number of aryl methyl sites for hydroxylation is 1. The zero-order valence-corrected chi connectivity index (χ0v) is 18.0. The van der Waals surface area contributed by atoms with Crippen LogP contribution in [0, 0.1) is 17.8 Å².